The molecule has 0 aliphatic rings. The molecule has 0 fully saturated rings. The van der Waals surface area contributed by atoms with Gasteiger partial charge in [-0.1, -0.05) is 24.3 Å². The standard InChI is InChI=1S/C20H24Br2O5/c21-17-5-1-3-7-19(17)26-15-13-24-11-9-23-10-12-25-14-16-27-20-8-4-2-6-18(20)22/h1-8H,9-16H2. The number of ether oxygens (including phenoxy) is 5. The third-order valence-corrected chi connectivity index (χ3v) is 4.70. The lowest BCUT2D eigenvalue weighted by atomic mass is 10.3. The van der Waals surface area contributed by atoms with Crippen molar-refractivity contribution in [3.05, 3.63) is 57.5 Å². The first-order valence-electron chi connectivity index (χ1n) is 8.75. The van der Waals surface area contributed by atoms with Gasteiger partial charge < -0.3 is 23.7 Å². The minimum Gasteiger partial charge on any atom is -0.490 e. The molecule has 2 aromatic rings. The van der Waals surface area contributed by atoms with Gasteiger partial charge in [-0.25, -0.2) is 0 Å². The fourth-order valence-electron chi connectivity index (χ4n) is 2.09. The smallest absolute Gasteiger partial charge is 0.133 e. The average molecular weight is 504 g/mol. The number of hydrogen-bond donors (Lipinski definition) is 0. The van der Waals surface area contributed by atoms with Crippen molar-refractivity contribution in [3.63, 3.8) is 0 Å². The van der Waals surface area contributed by atoms with Gasteiger partial charge in [0.15, 0.2) is 0 Å². The summed E-state index contributed by atoms with van der Waals surface area (Å²) < 4.78 is 29.5. The van der Waals surface area contributed by atoms with E-state index in [-0.39, 0.29) is 0 Å². The Kier molecular flexibility index (Phi) is 11.5. The molecule has 0 amide bonds. The number of benzene rings is 2. The van der Waals surface area contributed by atoms with Gasteiger partial charge in [-0.3, -0.25) is 0 Å². The van der Waals surface area contributed by atoms with Gasteiger partial charge in [0.2, 0.25) is 0 Å². The molecule has 2 rings (SSSR count). The molecule has 0 spiro atoms. The average Bonchev–Trinajstić information content (AvgIpc) is 2.68. The Morgan fingerprint density at radius 1 is 0.481 bits per heavy atom. The van der Waals surface area contributed by atoms with Crippen molar-refractivity contribution in [1.82, 2.24) is 0 Å². The van der Waals surface area contributed by atoms with Crippen molar-refractivity contribution < 1.29 is 23.7 Å². The quantitative estimate of drug-likeness (QED) is 0.349. The topological polar surface area (TPSA) is 46.2 Å². The van der Waals surface area contributed by atoms with E-state index in [9.17, 15) is 0 Å². The lowest BCUT2D eigenvalue weighted by molar-refractivity contribution is 0.00492. The fraction of sp³-hybridized carbons (Fsp3) is 0.400. The van der Waals surface area contributed by atoms with E-state index in [0.29, 0.717) is 52.9 Å². The first kappa shape index (κ1) is 22.2. The molecule has 2 aromatic carbocycles. The molecular weight excluding hydrogens is 480 g/mol. The van der Waals surface area contributed by atoms with Gasteiger partial charge in [-0.05, 0) is 56.1 Å². The Labute approximate surface area is 177 Å². The highest BCUT2D eigenvalue weighted by atomic mass is 79.9. The van der Waals surface area contributed by atoms with E-state index in [1.807, 2.05) is 48.5 Å². The van der Waals surface area contributed by atoms with Gasteiger partial charge in [0.1, 0.15) is 24.7 Å². The van der Waals surface area contributed by atoms with Gasteiger partial charge in [0.05, 0.1) is 48.6 Å². The van der Waals surface area contributed by atoms with Crippen molar-refractivity contribution in [1.29, 1.82) is 0 Å². The Morgan fingerprint density at radius 2 is 0.815 bits per heavy atom. The molecule has 0 N–H and O–H groups in total. The maximum absolute atomic E-state index is 5.61. The molecule has 27 heavy (non-hydrogen) atoms. The third kappa shape index (κ3) is 9.58. The van der Waals surface area contributed by atoms with Gasteiger partial charge in [-0.15, -0.1) is 0 Å². The second-order valence-electron chi connectivity index (χ2n) is 5.39. The summed E-state index contributed by atoms with van der Waals surface area (Å²) in [6, 6.07) is 15.5. The van der Waals surface area contributed by atoms with Crippen molar-refractivity contribution in [2.45, 2.75) is 0 Å². The van der Waals surface area contributed by atoms with Gasteiger partial charge in [0.25, 0.3) is 0 Å². The molecule has 0 heterocycles. The molecule has 0 atom stereocenters. The summed E-state index contributed by atoms with van der Waals surface area (Å²) >= 11 is 6.87. The van der Waals surface area contributed by atoms with Crippen molar-refractivity contribution in [2.24, 2.45) is 0 Å². The van der Waals surface area contributed by atoms with Crippen LogP contribution in [0.1, 0.15) is 0 Å². The molecule has 0 saturated carbocycles. The summed E-state index contributed by atoms with van der Waals surface area (Å²) in [6.07, 6.45) is 0. The Morgan fingerprint density at radius 3 is 1.19 bits per heavy atom. The summed E-state index contributed by atoms with van der Waals surface area (Å²) in [5.41, 5.74) is 0. The third-order valence-electron chi connectivity index (χ3n) is 3.39. The van der Waals surface area contributed by atoms with Gasteiger partial charge >= 0.3 is 0 Å². The van der Waals surface area contributed by atoms with Crippen molar-refractivity contribution in [2.75, 3.05) is 52.9 Å². The van der Waals surface area contributed by atoms with Crippen molar-refractivity contribution >= 4 is 31.9 Å². The summed E-state index contributed by atoms with van der Waals surface area (Å²) in [6.45, 7) is 4.18. The molecule has 5 nitrogen and oxygen atoms in total. The van der Waals surface area contributed by atoms with E-state index < -0.39 is 0 Å². The lowest BCUT2D eigenvalue weighted by Gasteiger charge is -2.10. The first-order valence-corrected chi connectivity index (χ1v) is 10.3. The fourth-order valence-corrected chi connectivity index (χ4v) is 2.89. The maximum atomic E-state index is 5.61. The maximum Gasteiger partial charge on any atom is 0.133 e. The summed E-state index contributed by atoms with van der Waals surface area (Å²) in [5.74, 6) is 1.64. The van der Waals surface area contributed by atoms with Gasteiger partial charge in [-0.2, -0.15) is 0 Å². The van der Waals surface area contributed by atoms with Crippen LogP contribution in [0.5, 0.6) is 11.5 Å². The Hall–Kier alpha value is -1.12. The molecule has 0 aliphatic carbocycles. The molecule has 0 unspecified atom stereocenters. The van der Waals surface area contributed by atoms with Crippen LogP contribution < -0.4 is 9.47 Å². The normalized spacial score (nSPS) is 10.7. The van der Waals surface area contributed by atoms with Crippen LogP contribution >= 0.6 is 31.9 Å². The van der Waals surface area contributed by atoms with Crippen LogP contribution in [0.2, 0.25) is 0 Å². The SMILES string of the molecule is Brc1ccccc1OCCOCCOCCOCCOc1ccccc1Br. The lowest BCUT2D eigenvalue weighted by Crippen LogP contribution is -2.14. The molecular formula is C20H24Br2O5. The van der Waals surface area contributed by atoms with Crippen LogP contribution in [0.25, 0.3) is 0 Å². The second kappa shape index (κ2) is 14.0. The highest BCUT2D eigenvalue weighted by Crippen LogP contribution is 2.24. The zero-order chi connectivity index (χ0) is 19.2. The van der Waals surface area contributed by atoms with E-state index in [1.54, 1.807) is 0 Å². The minimum absolute atomic E-state index is 0.503. The first-order chi connectivity index (χ1) is 13.3. The van der Waals surface area contributed by atoms with E-state index in [0.717, 1.165) is 20.4 Å². The number of rotatable bonds is 14. The zero-order valence-electron chi connectivity index (χ0n) is 15.1. The van der Waals surface area contributed by atoms with E-state index in [2.05, 4.69) is 31.9 Å². The van der Waals surface area contributed by atoms with Crippen LogP contribution in [0.4, 0.5) is 0 Å². The predicted octanol–water partition coefficient (Wildman–Crippen LogP) is 4.72. The summed E-state index contributed by atoms with van der Waals surface area (Å²) in [5, 5.41) is 0. The molecule has 0 radical (unpaired) electrons. The second-order valence-corrected chi connectivity index (χ2v) is 7.10. The highest BCUT2D eigenvalue weighted by molar-refractivity contribution is 9.10. The number of para-hydroxylation sites is 2. The number of halogens is 2. The monoisotopic (exact) mass is 502 g/mol. The van der Waals surface area contributed by atoms with Gasteiger partial charge in [0, 0.05) is 0 Å². The minimum atomic E-state index is 0.503. The molecule has 0 saturated heterocycles. The van der Waals surface area contributed by atoms with Crippen LogP contribution in [-0.2, 0) is 14.2 Å². The number of hydrogen-bond acceptors (Lipinski definition) is 5. The largest absolute Gasteiger partial charge is 0.490 e. The predicted molar refractivity (Wildman–Crippen MR) is 112 cm³/mol. The molecule has 0 aliphatic heterocycles. The molecule has 0 aromatic heterocycles. The molecule has 148 valence electrons. The highest BCUT2D eigenvalue weighted by Gasteiger charge is 2.00. The Balaban J connectivity index is 1.35. The Bertz CT molecular complexity index is 598. The van der Waals surface area contributed by atoms with Crippen LogP contribution in [0, 0.1) is 0 Å². The van der Waals surface area contributed by atoms with Crippen LogP contribution in [-0.4, -0.2) is 52.9 Å². The van der Waals surface area contributed by atoms with E-state index in [1.165, 1.54) is 0 Å². The van der Waals surface area contributed by atoms with Crippen LogP contribution in [0.3, 0.4) is 0 Å². The van der Waals surface area contributed by atoms with Crippen molar-refractivity contribution in [3.8, 4) is 11.5 Å². The molecule has 0 bridgehead atoms. The summed E-state index contributed by atoms with van der Waals surface area (Å²) in [4.78, 5) is 0. The van der Waals surface area contributed by atoms with Crippen LogP contribution in [0.15, 0.2) is 57.5 Å². The molecule has 7 heteroatoms. The van der Waals surface area contributed by atoms with E-state index >= 15 is 0 Å². The van der Waals surface area contributed by atoms with E-state index in [4.69, 9.17) is 23.7 Å². The summed E-state index contributed by atoms with van der Waals surface area (Å²) in [7, 11) is 0. The zero-order valence-corrected chi connectivity index (χ0v) is 18.2.